The summed E-state index contributed by atoms with van der Waals surface area (Å²) in [6.45, 7) is -0.476. The van der Waals surface area contributed by atoms with Crippen LogP contribution in [0.2, 0.25) is 0 Å². The molecular weight excluding hydrogens is 143 g/mol. The van der Waals surface area contributed by atoms with Gasteiger partial charge >= 0.3 is 0 Å². The molecule has 11 heavy (non-hydrogen) atoms. The van der Waals surface area contributed by atoms with Crippen LogP contribution in [0.5, 0.6) is 0 Å². The summed E-state index contributed by atoms with van der Waals surface area (Å²) in [7, 11) is 0. The van der Waals surface area contributed by atoms with Crippen molar-refractivity contribution < 1.29 is 9.50 Å². The lowest BCUT2D eigenvalue weighted by Gasteiger charge is -2.06. The average molecular weight is 154 g/mol. The van der Waals surface area contributed by atoms with Crippen LogP contribution in [0.25, 0.3) is 0 Å². The second kappa shape index (κ2) is 4.09. The van der Waals surface area contributed by atoms with Gasteiger partial charge in [0.25, 0.3) is 0 Å². The van der Waals surface area contributed by atoms with E-state index in [1.807, 2.05) is 18.2 Å². The summed E-state index contributed by atoms with van der Waals surface area (Å²) >= 11 is 0. The minimum atomic E-state index is -0.652. The zero-order valence-corrected chi connectivity index (χ0v) is 6.20. The van der Waals surface area contributed by atoms with Crippen LogP contribution < -0.4 is 0 Å². The lowest BCUT2D eigenvalue weighted by atomic mass is 10.1. The van der Waals surface area contributed by atoms with Crippen LogP contribution in [0.15, 0.2) is 30.3 Å². The van der Waals surface area contributed by atoms with E-state index >= 15 is 0 Å². The SMILES string of the molecule is O[C@@H](CCF)c1ccccc1. The molecule has 0 bridgehead atoms. The number of alkyl halides is 1. The highest BCUT2D eigenvalue weighted by molar-refractivity contribution is 5.16. The molecule has 0 aliphatic heterocycles. The first kappa shape index (κ1) is 8.21. The Morgan fingerprint density at radius 3 is 2.45 bits per heavy atom. The summed E-state index contributed by atoms with van der Waals surface area (Å²) in [5.74, 6) is 0. The van der Waals surface area contributed by atoms with Crippen LogP contribution in [0, 0.1) is 0 Å². The van der Waals surface area contributed by atoms with Gasteiger partial charge in [-0.25, -0.2) is 0 Å². The van der Waals surface area contributed by atoms with E-state index < -0.39 is 12.8 Å². The van der Waals surface area contributed by atoms with Crippen molar-refractivity contribution in [3.8, 4) is 0 Å². The van der Waals surface area contributed by atoms with Crippen LogP contribution in [-0.2, 0) is 0 Å². The second-order valence-electron chi connectivity index (χ2n) is 2.40. The van der Waals surface area contributed by atoms with E-state index in [-0.39, 0.29) is 6.42 Å². The van der Waals surface area contributed by atoms with E-state index in [0.29, 0.717) is 0 Å². The molecule has 1 N–H and O–H groups in total. The third kappa shape index (κ3) is 2.31. The van der Waals surface area contributed by atoms with Crippen LogP contribution in [0.3, 0.4) is 0 Å². The van der Waals surface area contributed by atoms with Crippen molar-refractivity contribution in [2.24, 2.45) is 0 Å². The topological polar surface area (TPSA) is 20.2 Å². The van der Waals surface area contributed by atoms with Crippen LogP contribution in [-0.4, -0.2) is 11.8 Å². The third-order valence-corrected chi connectivity index (χ3v) is 1.57. The quantitative estimate of drug-likeness (QED) is 0.706. The predicted molar refractivity (Wildman–Crippen MR) is 42.0 cm³/mol. The molecule has 0 unspecified atom stereocenters. The van der Waals surface area contributed by atoms with Crippen molar-refractivity contribution in [3.63, 3.8) is 0 Å². The van der Waals surface area contributed by atoms with Gasteiger partial charge < -0.3 is 5.11 Å². The molecule has 0 spiro atoms. The zero-order valence-electron chi connectivity index (χ0n) is 6.20. The van der Waals surface area contributed by atoms with E-state index in [4.69, 9.17) is 0 Å². The molecule has 1 nitrogen and oxygen atoms in total. The number of rotatable bonds is 3. The van der Waals surface area contributed by atoms with Gasteiger partial charge in [0.05, 0.1) is 12.8 Å². The first-order valence-electron chi connectivity index (χ1n) is 3.63. The van der Waals surface area contributed by atoms with Gasteiger partial charge in [-0.3, -0.25) is 4.39 Å². The molecule has 1 atom stereocenters. The van der Waals surface area contributed by atoms with Gasteiger partial charge in [0.2, 0.25) is 0 Å². The summed E-state index contributed by atoms with van der Waals surface area (Å²) in [6, 6.07) is 9.11. The maximum Gasteiger partial charge on any atom is 0.0922 e. The molecule has 0 aliphatic carbocycles. The normalized spacial score (nSPS) is 12.9. The lowest BCUT2D eigenvalue weighted by Crippen LogP contribution is -1.97. The fourth-order valence-electron chi connectivity index (χ4n) is 0.945. The molecule has 60 valence electrons. The Labute approximate surface area is 65.5 Å². The number of halogens is 1. The maximum absolute atomic E-state index is 11.8. The van der Waals surface area contributed by atoms with E-state index in [1.54, 1.807) is 12.1 Å². The van der Waals surface area contributed by atoms with Crippen LogP contribution in [0.4, 0.5) is 4.39 Å². The molecule has 0 saturated heterocycles. The van der Waals surface area contributed by atoms with Gasteiger partial charge in [-0.2, -0.15) is 0 Å². The average Bonchev–Trinajstić information content (AvgIpc) is 2.07. The number of aliphatic hydroxyl groups is 1. The molecule has 1 aromatic rings. The van der Waals surface area contributed by atoms with Crippen molar-refractivity contribution in [2.45, 2.75) is 12.5 Å². The van der Waals surface area contributed by atoms with Gasteiger partial charge in [-0.15, -0.1) is 0 Å². The minimum absolute atomic E-state index is 0.185. The van der Waals surface area contributed by atoms with Gasteiger partial charge in [0.1, 0.15) is 0 Å². The molecule has 0 aromatic heterocycles. The Morgan fingerprint density at radius 1 is 1.27 bits per heavy atom. The second-order valence-corrected chi connectivity index (χ2v) is 2.40. The summed E-state index contributed by atoms with van der Waals surface area (Å²) in [5, 5.41) is 9.28. The predicted octanol–water partition coefficient (Wildman–Crippen LogP) is 2.08. The first-order valence-corrected chi connectivity index (χ1v) is 3.63. The number of benzene rings is 1. The first-order chi connectivity index (χ1) is 5.34. The number of hydrogen-bond acceptors (Lipinski definition) is 1. The van der Waals surface area contributed by atoms with Crippen molar-refractivity contribution in [1.82, 2.24) is 0 Å². The van der Waals surface area contributed by atoms with Gasteiger partial charge in [0.15, 0.2) is 0 Å². The monoisotopic (exact) mass is 154 g/mol. The van der Waals surface area contributed by atoms with Gasteiger partial charge in [-0.05, 0) is 5.56 Å². The van der Waals surface area contributed by atoms with Crippen LogP contribution >= 0.6 is 0 Å². The summed E-state index contributed by atoms with van der Waals surface area (Å²) < 4.78 is 11.8. The third-order valence-electron chi connectivity index (χ3n) is 1.57. The number of aliphatic hydroxyl groups excluding tert-OH is 1. The molecule has 0 aliphatic rings. The highest BCUT2D eigenvalue weighted by Crippen LogP contribution is 2.15. The van der Waals surface area contributed by atoms with Crippen molar-refractivity contribution in [2.75, 3.05) is 6.67 Å². The summed E-state index contributed by atoms with van der Waals surface area (Å²) in [5.41, 5.74) is 0.783. The Balaban J connectivity index is 2.61. The molecule has 1 aromatic carbocycles. The molecule has 1 rings (SSSR count). The van der Waals surface area contributed by atoms with Crippen molar-refractivity contribution in [3.05, 3.63) is 35.9 Å². The standard InChI is InChI=1S/C9H11FO/c10-7-6-9(11)8-4-2-1-3-5-8/h1-5,9,11H,6-7H2/t9-/m0/s1. The van der Waals surface area contributed by atoms with Gasteiger partial charge in [0, 0.05) is 6.42 Å². The molecule has 0 radical (unpaired) electrons. The highest BCUT2D eigenvalue weighted by Gasteiger charge is 2.04. The molecular formula is C9H11FO. The largest absolute Gasteiger partial charge is 0.388 e. The Morgan fingerprint density at radius 2 is 1.91 bits per heavy atom. The Hall–Kier alpha value is -0.890. The molecule has 0 heterocycles. The Kier molecular flexibility index (Phi) is 3.05. The lowest BCUT2D eigenvalue weighted by molar-refractivity contribution is 0.156. The summed E-state index contributed by atoms with van der Waals surface area (Å²) in [6.07, 6.45) is -0.467. The fraction of sp³-hybridized carbons (Fsp3) is 0.333. The highest BCUT2D eigenvalue weighted by atomic mass is 19.1. The minimum Gasteiger partial charge on any atom is -0.388 e. The van der Waals surface area contributed by atoms with E-state index in [1.165, 1.54) is 0 Å². The smallest absolute Gasteiger partial charge is 0.0922 e. The molecule has 0 saturated carbocycles. The summed E-state index contributed by atoms with van der Waals surface area (Å²) in [4.78, 5) is 0. The van der Waals surface area contributed by atoms with Crippen molar-refractivity contribution in [1.29, 1.82) is 0 Å². The molecule has 2 heteroatoms. The van der Waals surface area contributed by atoms with Gasteiger partial charge in [-0.1, -0.05) is 30.3 Å². The molecule has 0 amide bonds. The Bertz CT molecular complexity index is 198. The van der Waals surface area contributed by atoms with E-state index in [9.17, 15) is 9.50 Å². The van der Waals surface area contributed by atoms with E-state index in [0.717, 1.165) is 5.56 Å². The zero-order chi connectivity index (χ0) is 8.10. The van der Waals surface area contributed by atoms with Crippen molar-refractivity contribution >= 4 is 0 Å². The maximum atomic E-state index is 11.8. The number of hydrogen-bond donors (Lipinski definition) is 1. The van der Waals surface area contributed by atoms with E-state index in [2.05, 4.69) is 0 Å². The molecule has 0 fully saturated rings. The van der Waals surface area contributed by atoms with Crippen LogP contribution in [0.1, 0.15) is 18.1 Å². The fourth-order valence-corrected chi connectivity index (χ4v) is 0.945.